The van der Waals surface area contributed by atoms with Crippen LogP contribution < -0.4 is 5.32 Å². The van der Waals surface area contributed by atoms with Crippen molar-refractivity contribution >= 4 is 0 Å². The Bertz CT molecular complexity index is 345. The number of nitrogens with one attached hydrogen (secondary N) is 1. The van der Waals surface area contributed by atoms with E-state index in [1.54, 1.807) is 0 Å². The molecule has 0 aliphatic rings. The molecule has 0 aliphatic carbocycles. The van der Waals surface area contributed by atoms with Gasteiger partial charge < -0.3 is 5.32 Å². The van der Waals surface area contributed by atoms with Gasteiger partial charge in [0.2, 0.25) is 0 Å². The normalized spacial score (nSPS) is 12.5. The monoisotopic (exact) mass is 290 g/mol. The molecule has 21 heavy (non-hydrogen) atoms. The SMILES string of the molecule is CCCCCCCCCC(Cc1ccc(C)cn1)NCC. The predicted octanol–water partition coefficient (Wildman–Crippen LogP) is 5.05. The third kappa shape index (κ3) is 8.87. The molecule has 0 bridgehead atoms. The first-order valence-corrected chi connectivity index (χ1v) is 8.91. The van der Waals surface area contributed by atoms with Crippen LogP contribution in [0.3, 0.4) is 0 Å². The van der Waals surface area contributed by atoms with Gasteiger partial charge in [-0.25, -0.2) is 0 Å². The molecule has 120 valence electrons. The lowest BCUT2D eigenvalue weighted by atomic mass is 10.0. The lowest BCUT2D eigenvalue weighted by Gasteiger charge is -2.17. The van der Waals surface area contributed by atoms with Crippen molar-refractivity contribution in [3.8, 4) is 0 Å². The first-order chi connectivity index (χ1) is 10.3. The van der Waals surface area contributed by atoms with Gasteiger partial charge in [0, 0.05) is 24.4 Å². The van der Waals surface area contributed by atoms with E-state index in [2.05, 4.69) is 43.2 Å². The molecule has 0 aromatic carbocycles. The van der Waals surface area contributed by atoms with Crippen molar-refractivity contribution in [3.05, 3.63) is 29.6 Å². The van der Waals surface area contributed by atoms with E-state index in [0.717, 1.165) is 13.0 Å². The highest BCUT2D eigenvalue weighted by atomic mass is 14.9. The van der Waals surface area contributed by atoms with Gasteiger partial charge in [0.15, 0.2) is 0 Å². The molecule has 0 amide bonds. The van der Waals surface area contributed by atoms with Gasteiger partial charge in [-0.05, 0) is 31.5 Å². The smallest absolute Gasteiger partial charge is 0.0419 e. The molecule has 1 aromatic rings. The van der Waals surface area contributed by atoms with Crippen molar-refractivity contribution < 1.29 is 0 Å². The predicted molar refractivity (Wildman–Crippen MR) is 92.8 cm³/mol. The fourth-order valence-electron chi connectivity index (χ4n) is 2.78. The van der Waals surface area contributed by atoms with E-state index in [9.17, 15) is 0 Å². The summed E-state index contributed by atoms with van der Waals surface area (Å²) in [6, 6.07) is 4.92. The van der Waals surface area contributed by atoms with E-state index in [1.165, 1.54) is 62.6 Å². The first kappa shape index (κ1) is 18.2. The fraction of sp³-hybridized carbons (Fsp3) is 0.737. The van der Waals surface area contributed by atoms with Crippen molar-refractivity contribution in [1.29, 1.82) is 0 Å². The summed E-state index contributed by atoms with van der Waals surface area (Å²) in [5.74, 6) is 0. The molecule has 1 heterocycles. The number of likely N-dealkylation sites (N-methyl/N-ethyl adjacent to an activating group) is 1. The summed E-state index contributed by atoms with van der Waals surface area (Å²) in [5.41, 5.74) is 2.46. The van der Waals surface area contributed by atoms with E-state index >= 15 is 0 Å². The summed E-state index contributed by atoms with van der Waals surface area (Å²) in [5, 5.41) is 3.62. The number of nitrogens with zero attached hydrogens (tertiary/aromatic N) is 1. The minimum atomic E-state index is 0.584. The van der Waals surface area contributed by atoms with Gasteiger partial charge in [-0.3, -0.25) is 4.98 Å². The molecule has 2 heteroatoms. The van der Waals surface area contributed by atoms with Crippen molar-refractivity contribution in [1.82, 2.24) is 10.3 Å². The number of unbranched alkanes of at least 4 members (excludes halogenated alkanes) is 6. The van der Waals surface area contributed by atoms with Gasteiger partial charge in [0.1, 0.15) is 0 Å². The number of aryl methyl sites for hydroxylation is 1. The first-order valence-electron chi connectivity index (χ1n) is 8.91. The molecule has 0 saturated carbocycles. The molecule has 0 fully saturated rings. The Kier molecular flexibility index (Phi) is 10.1. The molecule has 1 aromatic heterocycles. The molecule has 1 rings (SSSR count). The zero-order valence-corrected chi connectivity index (χ0v) is 14.3. The summed E-state index contributed by atoms with van der Waals surface area (Å²) >= 11 is 0. The second kappa shape index (κ2) is 11.7. The topological polar surface area (TPSA) is 24.9 Å². The second-order valence-corrected chi connectivity index (χ2v) is 6.20. The van der Waals surface area contributed by atoms with Crippen LogP contribution in [0.5, 0.6) is 0 Å². The maximum Gasteiger partial charge on any atom is 0.0419 e. The molecular weight excluding hydrogens is 256 g/mol. The molecule has 0 radical (unpaired) electrons. The number of aromatic nitrogens is 1. The fourth-order valence-corrected chi connectivity index (χ4v) is 2.78. The lowest BCUT2D eigenvalue weighted by Crippen LogP contribution is -2.31. The van der Waals surface area contributed by atoms with Crippen LogP contribution in [0, 0.1) is 6.92 Å². The van der Waals surface area contributed by atoms with Crippen molar-refractivity contribution in [2.45, 2.75) is 84.6 Å². The van der Waals surface area contributed by atoms with Crippen LogP contribution >= 0.6 is 0 Å². The highest BCUT2D eigenvalue weighted by Gasteiger charge is 2.08. The molecule has 1 N–H and O–H groups in total. The average molecular weight is 290 g/mol. The van der Waals surface area contributed by atoms with Crippen LogP contribution in [0.1, 0.15) is 76.5 Å². The van der Waals surface area contributed by atoms with Crippen molar-refractivity contribution in [2.24, 2.45) is 0 Å². The number of hydrogen-bond donors (Lipinski definition) is 1. The minimum Gasteiger partial charge on any atom is -0.314 e. The molecule has 0 saturated heterocycles. The number of rotatable bonds is 12. The van der Waals surface area contributed by atoms with E-state index in [1.807, 2.05) is 6.20 Å². The van der Waals surface area contributed by atoms with Gasteiger partial charge in [-0.2, -0.15) is 0 Å². The molecule has 0 spiro atoms. The Hall–Kier alpha value is -0.890. The number of pyridine rings is 1. The Morgan fingerprint density at radius 2 is 1.71 bits per heavy atom. The highest BCUT2D eigenvalue weighted by Crippen LogP contribution is 2.12. The van der Waals surface area contributed by atoms with Crippen molar-refractivity contribution in [2.75, 3.05) is 6.54 Å². The van der Waals surface area contributed by atoms with Crippen LogP contribution in [0.25, 0.3) is 0 Å². The van der Waals surface area contributed by atoms with Crippen LogP contribution in [0.15, 0.2) is 18.3 Å². The van der Waals surface area contributed by atoms with Crippen LogP contribution in [0.4, 0.5) is 0 Å². The lowest BCUT2D eigenvalue weighted by molar-refractivity contribution is 0.456. The van der Waals surface area contributed by atoms with Crippen LogP contribution in [-0.2, 0) is 6.42 Å². The van der Waals surface area contributed by atoms with Gasteiger partial charge >= 0.3 is 0 Å². The van der Waals surface area contributed by atoms with Gasteiger partial charge in [0.05, 0.1) is 0 Å². The van der Waals surface area contributed by atoms with E-state index in [0.29, 0.717) is 6.04 Å². The highest BCUT2D eigenvalue weighted by molar-refractivity contribution is 5.13. The average Bonchev–Trinajstić information content (AvgIpc) is 2.49. The molecule has 1 atom stereocenters. The molecule has 1 unspecified atom stereocenters. The summed E-state index contributed by atoms with van der Waals surface area (Å²) in [6.07, 6.45) is 14.0. The Labute approximate surface area is 131 Å². The second-order valence-electron chi connectivity index (χ2n) is 6.20. The Balaban J connectivity index is 2.21. The third-order valence-electron chi connectivity index (χ3n) is 4.08. The Morgan fingerprint density at radius 3 is 2.33 bits per heavy atom. The standard InChI is InChI=1S/C19H34N2/c1-4-6-7-8-9-10-11-12-18(20-5-2)15-19-14-13-17(3)16-21-19/h13-14,16,18,20H,4-12,15H2,1-3H3. The van der Waals surface area contributed by atoms with Crippen LogP contribution in [-0.4, -0.2) is 17.6 Å². The molecule has 0 aliphatic heterocycles. The van der Waals surface area contributed by atoms with E-state index in [4.69, 9.17) is 0 Å². The maximum absolute atomic E-state index is 4.54. The van der Waals surface area contributed by atoms with E-state index in [-0.39, 0.29) is 0 Å². The largest absolute Gasteiger partial charge is 0.314 e. The third-order valence-corrected chi connectivity index (χ3v) is 4.08. The summed E-state index contributed by atoms with van der Waals surface area (Å²) in [6.45, 7) is 7.62. The zero-order valence-electron chi connectivity index (χ0n) is 14.3. The van der Waals surface area contributed by atoms with E-state index < -0.39 is 0 Å². The summed E-state index contributed by atoms with van der Waals surface area (Å²) < 4.78 is 0. The minimum absolute atomic E-state index is 0.584. The number of hydrogen-bond acceptors (Lipinski definition) is 2. The summed E-state index contributed by atoms with van der Waals surface area (Å²) in [7, 11) is 0. The quantitative estimate of drug-likeness (QED) is 0.545. The molecular formula is C19H34N2. The van der Waals surface area contributed by atoms with Gasteiger partial charge in [0.25, 0.3) is 0 Å². The zero-order chi connectivity index (χ0) is 15.3. The molecule has 2 nitrogen and oxygen atoms in total. The van der Waals surface area contributed by atoms with Crippen molar-refractivity contribution in [3.63, 3.8) is 0 Å². The summed E-state index contributed by atoms with van der Waals surface area (Å²) in [4.78, 5) is 4.54. The van der Waals surface area contributed by atoms with Crippen LogP contribution in [0.2, 0.25) is 0 Å². The van der Waals surface area contributed by atoms with Gasteiger partial charge in [-0.15, -0.1) is 0 Å². The van der Waals surface area contributed by atoms with Gasteiger partial charge in [-0.1, -0.05) is 64.9 Å². The maximum atomic E-state index is 4.54. The Morgan fingerprint density at radius 1 is 1.00 bits per heavy atom.